The molecule has 0 radical (unpaired) electrons. The Balaban J connectivity index is 2.59. The van der Waals surface area contributed by atoms with Crippen molar-refractivity contribution < 1.29 is 27.4 Å². The second-order valence-electron chi connectivity index (χ2n) is 3.74. The van der Waals surface area contributed by atoms with Crippen LogP contribution in [0.1, 0.15) is 6.92 Å². The highest BCUT2D eigenvalue weighted by Crippen LogP contribution is 2.26. The second-order valence-corrected chi connectivity index (χ2v) is 3.74. The van der Waals surface area contributed by atoms with Gasteiger partial charge in [-0.3, -0.25) is 4.79 Å². The van der Waals surface area contributed by atoms with Crippen LogP contribution in [0.3, 0.4) is 0 Å². The van der Waals surface area contributed by atoms with Gasteiger partial charge in [-0.1, -0.05) is 12.1 Å². The molecule has 1 rings (SSSR count). The maximum Gasteiger partial charge on any atom is 0.405 e. The number of methoxy groups -OCH3 is 1. The van der Waals surface area contributed by atoms with Crippen molar-refractivity contribution in [2.24, 2.45) is 0 Å². The predicted octanol–water partition coefficient (Wildman–Crippen LogP) is 2.14. The van der Waals surface area contributed by atoms with Gasteiger partial charge in [0, 0.05) is 0 Å². The molecule has 0 spiro atoms. The smallest absolute Gasteiger partial charge is 0.405 e. The number of alkyl halides is 3. The number of rotatable bonds is 5. The standard InChI is InChI=1S/C12H14F3NO3/c1-8(11(17)16-7-12(13,14)15)19-10-6-4-3-5-9(10)18-2/h3-6,8H,7H2,1-2H3,(H,16,17)/t8-/m0/s1. The summed E-state index contributed by atoms with van der Waals surface area (Å²) >= 11 is 0. The zero-order chi connectivity index (χ0) is 14.5. The Kier molecular flexibility index (Phi) is 5.02. The van der Waals surface area contributed by atoms with E-state index in [1.165, 1.54) is 14.0 Å². The van der Waals surface area contributed by atoms with Gasteiger partial charge in [-0.15, -0.1) is 0 Å². The van der Waals surface area contributed by atoms with Gasteiger partial charge in [0.25, 0.3) is 5.91 Å². The molecule has 0 heterocycles. The van der Waals surface area contributed by atoms with E-state index in [2.05, 4.69) is 0 Å². The number of halogens is 3. The molecule has 1 aromatic carbocycles. The Morgan fingerprint density at radius 1 is 1.32 bits per heavy atom. The lowest BCUT2D eigenvalue weighted by molar-refractivity contribution is -0.142. The van der Waals surface area contributed by atoms with Gasteiger partial charge >= 0.3 is 6.18 Å². The van der Waals surface area contributed by atoms with Crippen molar-refractivity contribution in [3.8, 4) is 11.5 Å². The molecule has 0 saturated carbocycles. The molecule has 1 amide bonds. The van der Waals surface area contributed by atoms with Crippen molar-refractivity contribution in [3.05, 3.63) is 24.3 Å². The molecule has 7 heteroatoms. The van der Waals surface area contributed by atoms with Gasteiger partial charge in [0.05, 0.1) is 7.11 Å². The maximum atomic E-state index is 11.9. The normalized spacial score (nSPS) is 12.7. The van der Waals surface area contributed by atoms with Crippen LogP contribution in [0.25, 0.3) is 0 Å². The molecule has 1 atom stereocenters. The molecule has 0 aliphatic carbocycles. The third-order valence-electron chi connectivity index (χ3n) is 2.21. The Morgan fingerprint density at radius 3 is 2.42 bits per heavy atom. The zero-order valence-electron chi connectivity index (χ0n) is 10.5. The van der Waals surface area contributed by atoms with Crippen molar-refractivity contribution in [2.75, 3.05) is 13.7 Å². The van der Waals surface area contributed by atoms with E-state index in [4.69, 9.17) is 9.47 Å². The van der Waals surface area contributed by atoms with E-state index in [0.29, 0.717) is 11.5 Å². The van der Waals surface area contributed by atoms with Crippen LogP contribution in [-0.2, 0) is 4.79 Å². The molecule has 0 aliphatic heterocycles. The quantitative estimate of drug-likeness (QED) is 0.897. The minimum absolute atomic E-state index is 0.291. The first-order valence-corrected chi connectivity index (χ1v) is 5.47. The lowest BCUT2D eigenvalue weighted by Crippen LogP contribution is -2.41. The number of ether oxygens (including phenoxy) is 2. The maximum absolute atomic E-state index is 11.9. The highest BCUT2D eigenvalue weighted by atomic mass is 19.4. The lowest BCUT2D eigenvalue weighted by Gasteiger charge is -2.17. The van der Waals surface area contributed by atoms with Gasteiger partial charge in [0.15, 0.2) is 17.6 Å². The van der Waals surface area contributed by atoms with Crippen molar-refractivity contribution in [3.63, 3.8) is 0 Å². The van der Waals surface area contributed by atoms with Crippen LogP contribution in [0.2, 0.25) is 0 Å². The molecule has 106 valence electrons. The number of hydrogen-bond acceptors (Lipinski definition) is 3. The molecular formula is C12H14F3NO3. The molecule has 1 aromatic rings. The number of benzene rings is 1. The third kappa shape index (κ3) is 5.07. The fourth-order valence-electron chi connectivity index (χ4n) is 1.29. The fraction of sp³-hybridized carbons (Fsp3) is 0.417. The van der Waals surface area contributed by atoms with E-state index in [1.807, 2.05) is 0 Å². The highest BCUT2D eigenvalue weighted by Gasteiger charge is 2.29. The average molecular weight is 277 g/mol. The number of hydrogen-bond donors (Lipinski definition) is 1. The SMILES string of the molecule is COc1ccccc1O[C@@H](C)C(=O)NCC(F)(F)F. The largest absolute Gasteiger partial charge is 0.493 e. The number of carbonyl (C=O) groups excluding carboxylic acids is 1. The monoisotopic (exact) mass is 277 g/mol. The number of amides is 1. The van der Waals surface area contributed by atoms with E-state index >= 15 is 0 Å². The third-order valence-corrected chi connectivity index (χ3v) is 2.21. The van der Waals surface area contributed by atoms with Gasteiger partial charge in [0.1, 0.15) is 6.54 Å². The zero-order valence-corrected chi connectivity index (χ0v) is 10.5. The molecule has 0 bridgehead atoms. The van der Waals surface area contributed by atoms with Crippen molar-refractivity contribution in [1.82, 2.24) is 5.32 Å². The van der Waals surface area contributed by atoms with Gasteiger partial charge in [0.2, 0.25) is 0 Å². The molecule has 0 fully saturated rings. The predicted molar refractivity (Wildman–Crippen MR) is 62.1 cm³/mol. The summed E-state index contributed by atoms with van der Waals surface area (Å²) < 4.78 is 46.1. The minimum Gasteiger partial charge on any atom is -0.493 e. The Hall–Kier alpha value is -1.92. The summed E-state index contributed by atoms with van der Waals surface area (Å²) in [6, 6.07) is 6.56. The summed E-state index contributed by atoms with van der Waals surface area (Å²) in [4.78, 5) is 11.4. The topological polar surface area (TPSA) is 47.6 Å². The van der Waals surface area contributed by atoms with E-state index in [1.54, 1.807) is 29.6 Å². The Labute approximate surface area is 108 Å². The van der Waals surface area contributed by atoms with Crippen LogP contribution in [0.5, 0.6) is 11.5 Å². The van der Waals surface area contributed by atoms with E-state index in [-0.39, 0.29) is 0 Å². The van der Waals surface area contributed by atoms with E-state index in [9.17, 15) is 18.0 Å². The van der Waals surface area contributed by atoms with Gasteiger partial charge in [-0.2, -0.15) is 13.2 Å². The molecule has 19 heavy (non-hydrogen) atoms. The fourth-order valence-corrected chi connectivity index (χ4v) is 1.29. The molecule has 0 saturated heterocycles. The van der Waals surface area contributed by atoms with E-state index in [0.717, 1.165) is 0 Å². The first-order chi connectivity index (χ1) is 8.83. The lowest BCUT2D eigenvalue weighted by atomic mass is 10.3. The minimum atomic E-state index is -4.44. The first kappa shape index (κ1) is 15.1. The van der Waals surface area contributed by atoms with Crippen molar-refractivity contribution in [2.45, 2.75) is 19.2 Å². The summed E-state index contributed by atoms with van der Waals surface area (Å²) in [5.41, 5.74) is 0. The van der Waals surface area contributed by atoms with Crippen LogP contribution >= 0.6 is 0 Å². The van der Waals surface area contributed by atoms with Crippen LogP contribution in [0, 0.1) is 0 Å². The average Bonchev–Trinajstić information content (AvgIpc) is 2.35. The van der Waals surface area contributed by atoms with Crippen LogP contribution in [0.4, 0.5) is 13.2 Å². The van der Waals surface area contributed by atoms with Gasteiger partial charge < -0.3 is 14.8 Å². The molecule has 1 N–H and O–H groups in total. The molecular weight excluding hydrogens is 263 g/mol. The van der Waals surface area contributed by atoms with E-state index < -0.39 is 24.7 Å². The number of nitrogens with one attached hydrogen (secondary N) is 1. The van der Waals surface area contributed by atoms with Crippen molar-refractivity contribution >= 4 is 5.91 Å². The molecule has 0 aromatic heterocycles. The van der Waals surface area contributed by atoms with Crippen molar-refractivity contribution in [1.29, 1.82) is 0 Å². The Morgan fingerprint density at radius 2 is 1.89 bits per heavy atom. The second kappa shape index (κ2) is 6.31. The molecule has 0 unspecified atom stereocenters. The summed E-state index contributed by atoms with van der Waals surface area (Å²) in [6.07, 6.45) is -5.50. The van der Waals surface area contributed by atoms with Gasteiger partial charge in [-0.05, 0) is 19.1 Å². The van der Waals surface area contributed by atoms with Crippen LogP contribution in [0.15, 0.2) is 24.3 Å². The number of para-hydroxylation sites is 2. The first-order valence-electron chi connectivity index (χ1n) is 5.47. The summed E-state index contributed by atoms with van der Waals surface area (Å²) in [6.45, 7) is -0.0242. The Bertz CT molecular complexity index is 434. The highest BCUT2D eigenvalue weighted by molar-refractivity contribution is 5.80. The van der Waals surface area contributed by atoms with Crippen LogP contribution in [-0.4, -0.2) is 31.8 Å². The molecule has 0 aliphatic rings. The van der Waals surface area contributed by atoms with Gasteiger partial charge in [-0.25, -0.2) is 0 Å². The summed E-state index contributed by atoms with van der Waals surface area (Å²) in [7, 11) is 1.43. The number of carbonyl (C=O) groups is 1. The van der Waals surface area contributed by atoms with Crippen LogP contribution < -0.4 is 14.8 Å². The summed E-state index contributed by atoms with van der Waals surface area (Å²) in [5.74, 6) is -0.152. The summed E-state index contributed by atoms with van der Waals surface area (Å²) in [5, 5.41) is 1.75. The molecule has 4 nitrogen and oxygen atoms in total.